The summed E-state index contributed by atoms with van der Waals surface area (Å²) >= 11 is 0. The van der Waals surface area contributed by atoms with Crippen LogP contribution < -0.4 is 0 Å². The van der Waals surface area contributed by atoms with Crippen molar-refractivity contribution in [3.63, 3.8) is 0 Å². The zero-order chi connectivity index (χ0) is 16.2. The monoisotopic (exact) mass is 314 g/mol. The summed E-state index contributed by atoms with van der Waals surface area (Å²) in [5, 5.41) is 7.88. The van der Waals surface area contributed by atoms with E-state index in [1.165, 1.54) is 20.8 Å². The first-order valence-electron chi connectivity index (χ1n) is 5.40. The summed E-state index contributed by atoms with van der Waals surface area (Å²) in [5.41, 5.74) is -0.940. The summed E-state index contributed by atoms with van der Waals surface area (Å²) in [5.74, 6) is 0. The Morgan fingerprint density at radius 3 is 1.40 bits per heavy atom. The number of halogens is 6. The average Bonchev–Trinajstić information content (AvgIpc) is 2.20. The van der Waals surface area contributed by atoms with Crippen molar-refractivity contribution in [1.82, 2.24) is 0 Å². The van der Waals surface area contributed by atoms with Gasteiger partial charge in [-0.2, -0.15) is 26.3 Å². The van der Waals surface area contributed by atoms with Gasteiger partial charge >= 0.3 is 18.3 Å². The van der Waals surface area contributed by atoms with E-state index >= 15 is 0 Å². The van der Waals surface area contributed by atoms with Gasteiger partial charge in [-0.3, -0.25) is 0 Å². The third kappa shape index (κ3) is 11.3. The lowest BCUT2D eigenvalue weighted by Crippen LogP contribution is -2.39. The van der Waals surface area contributed by atoms with Crippen LogP contribution in [0.1, 0.15) is 20.8 Å². The van der Waals surface area contributed by atoms with E-state index in [4.69, 9.17) is 5.11 Å². The first-order valence-corrected chi connectivity index (χ1v) is 5.40. The molecule has 20 heavy (non-hydrogen) atoms. The van der Waals surface area contributed by atoms with E-state index in [1.54, 1.807) is 0 Å². The molecule has 10 heteroatoms. The summed E-state index contributed by atoms with van der Waals surface area (Å²) in [4.78, 5) is 0. The Morgan fingerprint density at radius 2 is 1.05 bits per heavy atom. The lowest BCUT2D eigenvalue weighted by molar-refractivity contribution is -0.356. The van der Waals surface area contributed by atoms with Gasteiger partial charge in [0, 0.05) is 0 Å². The van der Waals surface area contributed by atoms with E-state index < -0.39 is 43.7 Å². The normalized spacial score (nSPS) is 14.7. The molecule has 0 spiro atoms. The molecule has 0 aromatic heterocycles. The van der Waals surface area contributed by atoms with Gasteiger partial charge in [-0.15, -0.1) is 0 Å². The molecule has 1 N–H and O–H groups in total. The Balaban J connectivity index is 4.23. The van der Waals surface area contributed by atoms with Gasteiger partial charge in [0.1, 0.15) is 19.8 Å². The van der Waals surface area contributed by atoms with E-state index in [0.29, 0.717) is 0 Å². The molecule has 0 rings (SSSR count). The highest BCUT2D eigenvalue weighted by molar-refractivity contribution is 4.63. The summed E-state index contributed by atoms with van der Waals surface area (Å²) in [6.07, 6.45) is -12.9. The van der Waals surface area contributed by atoms with Crippen molar-refractivity contribution in [3.8, 4) is 0 Å². The van der Waals surface area contributed by atoms with Crippen molar-refractivity contribution >= 4 is 0 Å². The number of ether oxygens (including phenoxy) is 3. The van der Waals surface area contributed by atoms with Crippen LogP contribution in [0.3, 0.4) is 0 Å². The summed E-state index contributed by atoms with van der Waals surface area (Å²) in [6, 6.07) is 0. The van der Waals surface area contributed by atoms with Gasteiger partial charge in [-0.1, -0.05) is 0 Å². The second-order valence-electron chi connectivity index (χ2n) is 4.92. The fraction of sp³-hybridized carbons (Fsp3) is 1.00. The topological polar surface area (TPSA) is 47.9 Å². The van der Waals surface area contributed by atoms with Crippen LogP contribution in [0.4, 0.5) is 26.3 Å². The Hall–Kier alpha value is -0.580. The largest absolute Gasteiger partial charge is 0.379 e. The van der Waals surface area contributed by atoms with Crippen molar-refractivity contribution < 1.29 is 45.7 Å². The van der Waals surface area contributed by atoms with Gasteiger partial charge < -0.3 is 19.3 Å². The molecule has 0 aliphatic heterocycles. The molecule has 0 atom stereocenters. The molecule has 0 saturated heterocycles. The molecule has 0 unspecified atom stereocenters. The van der Waals surface area contributed by atoms with E-state index in [-0.39, 0.29) is 0 Å². The van der Waals surface area contributed by atoms with Gasteiger partial charge in [0.15, 0.2) is 0 Å². The lowest BCUT2D eigenvalue weighted by atomic mass is 10.2. The lowest BCUT2D eigenvalue weighted by Gasteiger charge is -2.25. The minimum Gasteiger partial charge on any atom is -0.367 e. The first-order chi connectivity index (χ1) is 8.62. The molecular weight excluding hydrogens is 298 g/mol. The van der Waals surface area contributed by atoms with E-state index in [2.05, 4.69) is 14.2 Å². The third-order valence-electron chi connectivity index (χ3n) is 1.58. The van der Waals surface area contributed by atoms with E-state index in [0.717, 1.165) is 0 Å². The Bertz CT molecular complexity index is 267. The Kier molecular flexibility index (Phi) is 6.27. The fourth-order valence-electron chi connectivity index (χ4n) is 0.766. The van der Waals surface area contributed by atoms with Crippen LogP contribution in [0.5, 0.6) is 0 Å². The molecule has 0 aliphatic rings. The van der Waals surface area contributed by atoms with Crippen LogP contribution in [0.2, 0.25) is 0 Å². The maximum atomic E-state index is 13.0. The van der Waals surface area contributed by atoms with Crippen molar-refractivity contribution in [2.24, 2.45) is 0 Å². The molecule has 0 amide bonds. The average molecular weight is 314 g/mol. The van der Waals surface area contributed by atoms with Crippen LogP contribution in [-0.2, 0) is 14.2 Å². The minimum absolute atomic E-state index is 0.940. The van der Waals surface area contributed by atoms with Gasteiger partial charge in [0.2, 0.25) is 0 Å². The predicted octanol–water partition coefficient (Wildman–Crippen LogP) is 2.61. The van der Waals surface area contributed by atoms with Crippen LogP contribution in [0.15, 0.2) is 0 Å². The van der Waals surface area contributed by atoms with Gasteiger partial charge in [-0.25, -0.2) is 0 Å². The zero-order valence-electron chi connectivity index (χ0n) is 11.1. The first kappa shape index (κ1) is 19.4. The molecular formula is C10H16F6O4. The molecule has 0 heterocycles. The standard InChI is InChI=1S/C10H16F6O4/c1-7(2,3)18-5-9(13,14)20-6-10(15,16)19-4-8(11,12)17/h17H,4-6H2,1-3H3. The maximum Gasteiger partial charge on any atom is 0.379 e. The molecule has 0 aromatic rings. The van der Waals surface area contributed by atoms with Crippen molar-refractivity contribution in [3.05, 3.63) is 0 Å². The Labute approximate surface area is 111 Å². The van der Waals surface area contributed by atoms with Crippen molar-refractivity contribution in [2.45, 2.75) is 44.7 Å². The van der Waals surface area contributed by atoms with Gasteiger partial charge in [-0.05, 0) is 20.8 Å². The number of rotatable bonds is 8. The SMILES string of the molecule is CC(C)(C)OCC(F)(F)OCC(F)(F)OCC(O)(F)F. The predicted molar refractivity (Wildman–Crippen MR) is 54.7 cm³/mol. The number of alkyl halides is 6. The van der Waals surface area contributed by atoms with Crippen LogP contribution >= 0.6 is 0 Å². The van der Waals surface area contributed by atoms with Crippen molar-refractivity contribution in [2.75, 3.05) is 19.8 Å². The van der Waals surface area contributed by atoms with Gasteiger partial charge in [0.05, 0.1) is 5.60 Å². The summed E-state index contributed by atoms with van der Waals surface area (Å²) in [6.45, 7) is -0.919. The van der Waals surface area contributed by atoms with Gasteiger partial charge in [0.25, 0.3) is 0 Å². The molecule has 122 valence electrons. The van der Waals surface area contributed by atoms with Crippen molar-refractivity contribution in [1.29, 1.82) is 0 Å². The zero-order valence-corrected chi connectivity index (χ0v) is 11.1. The fourth-order valence-corrected chi connectivity index (χ4v) is 0.766. The maximum absolute atomic E-state index is 13.0. The summed E-state index contributed by atoms with van der Waals surface area (Å²) in [7, 11) is 0. The molecule has 4 nitrogen and oxygen atoms in total. The highest BCUT2D eigenvalue weighted by Gasteiger charge is 2.41. The smallest absolute Gasteiger partial charge is 0.367 e. The molecule has 0 aliphatic carbocycles. The quantitative estimate of drug-likeness (QED) is 0.700. The minimum atomic E-state index is -4.50. The molecule has 0 aromatic carbocycles. The number of hydrogen-bond donors (Lipinski definition) is 1. The number of hydrogen-bond acceptors (Lipinski definition) is 4. The summed E-state index contributed by atoms with van der Waals surface area (Å²) < 4.78 is 86.9. The molecule has 0 radical (unpaired) electrons. The van der Waals surface area contributed by atoms with Crippen LogP contribution in [-0.4, -0.2) is 48.9 Å². The van der Waals surface area contributed by atoms with E-state index in [9.17, 15) is 26.3 Å². The van der Waals surface area contributed by atoms with Crippen LogP contribution in [0.25, 0.3) is 0 Å². The highest BCUT2D eigenvalue weighted by atomic mass is 19.3. The molecule has 0 saturated carbocycles. The highest BCUT2D eigenvalue weighted by Crippen LogP contribution is 2.25. The second kappa shape index (κ2) is 6.46. The van der Waals surface area contributed by atoms with E-state index in [1.807, 2.05) is 0 Å². The molecule has 0 fully saturated rings. The third-order valence-corrected chi connectivity index (χ3v) is 1.58. The molecule has 0 bridgehead atoms. The van der Waals surface area contributed by atoms with Crippen LogP contribution in [0, 0.1) is 0 Å². The number of aliphatic hydroxyl groups is 1. The Morgan fingerprint density at radius 1 is 0.700 bits per heavy atom. The second-order valence-corrected chi connectivity index (χ2v) is 4.92.